The molecule has 0 aliphatic carbocycles. The molecule has 48 heavy (non-hydrogen) atoms. The molecule has 0 fully saturated rings. The van der Waals surface area contributed by atoms with E-state index in [0.717, 1.165) is 40.5 Å². The van der Waals surface area contributed by atoms with Gasteiger partial charge in [-0.2, -0.15) is 0 Å². The highest BCUT2D eigenvalue weighted by Gasteiger charge is 2.17. The van der Waals surface area contributed by atoms with Crippen molar-refractivity contribution in [2.75, 3.05) is 9.80 Å². The van der Waals surface area contributed by atoms with E-state index in [-0.39, 0.29) is 0 Å². The summed E-state index contributed by atoms with van der Waals surface area (Å²) in [5, 5.41) is 7.46. The van der Waals surface area contributed by atoms with Gasteiger partial charge in [-0.05, 0) is 135 Å². The van der Waals surface area contributed by atoms with Crippen molar-refractivity contribution >= 4 is 66.4 Å². The molecular formula is C46H38N2. The normalized spacial score (nSPS) is 12.0. The highest BCUT2D eigenvalue weighted by molar-refractivity contribution is 6.00. The van der Waals surface area contributed by atoms with E-state index in [1.54, 1.807) is 0 Å². The van der Waals surface area contributed by atoms with Crippen LogP contribution < -0.4 is 9.80 Å². The largest absolute Gasteiger partial charge is 0.310 e. The fraction of sp³-hybridized carbons (Fsp3) is 0.0870. The van der Waals surface area contributed by atoms with E-state index in [9.17, 15) is 0 Å². The van der Waals surface area contributed by atoms with Gasteiger partial charge >= 0.3 is 0 Å². The van der Waals surface area contributed by atoms with Gasteiger partial charge in [0.15, 0.2) is 0 Å². The number of hydrogen-bond acceptors (Lipinski definition) is 2. The van der Waals surface area contributed by atoms with E-state index in [0.29, 0.717) is 5.92 Å². The molecule has 0 N–H and O–H groups in total. The van der Waals surface area contributed by atoms with Crippen LogP contribution in [0.5, 0.6) is 0 Å². The molecule has 8 aromatic rings. The van der Waals surface area contributed by atoms with Crippen LogP contribution in [-0.4, -0.2) is 0 Å². The van der Waals surface area contributed by atoms with Crippen molar-refractivity contribution in [2.24, 2.45) is 0 Å². The van der Waals surface area contributed by atoms with Gasteiger partial charge in [0.2, 0.25) is 0 Å². The quantitative estimate of drug-likeness (QED) is 0.156. The number of para-hydroxylation sites is 1. The Balaban J connectivity index is 1.22. The molecule has 0 heterocycles. The molecule has 1 unspecified atom stereocenters. The Morgan fingerprint density at radius 3 is 1.29 bits per heavy atom. The zero-order chi connectivity index (χ0) is 32.5. The van der Waals surface area contributed by atoms with Crippen molar-refractivity contribution in [1.29, 1.82) is 0 Å². The van der Waals surface area contributed by atoms with Gasteiger partial charge in [-0.15, -0.1) is 0 Å². The molecule has 2 heteroatoms. The van der Waals surface area contributed by atoms with Gasteiger partial charge in [0.1, 0.15) is 0 Å². The lowest BCUT2D eigenvalue weighted by molar-refractivity contribution is 0.733. The number of fused-ring (bicyclic) bond motifs is 3. The van der Waals surface area contributed by atoms with Gasteiger partial charge in [0.25, 0.3) is 0 Å². The standard InChI is InChI=1S/C46H38N2/c1-3-33(2)34-17-21-42(22-18-34)48(45-23-19-35-11-7-8-14-38(35)31-45)44-27-25-43(26-28-44)47(41-15-5-4-6-16-41)46-24-20-39-29-36-12-9-10-13-37(36)30-40(39)32-46/h4-33H,3H2,1-2H3. The number of nitrogens with zero attached hydrogens (tertiary/aromatic N) is 2. The predicted molar refractivity (Wildman–Crippen MR) is 207 cm³/mol. The van der Waals surface area contributed by atoms with E-state index >= 15 is 0 Å². The van der Waals surface area contributed by atoms with Gasteiger partial charge in [0, 0.05) is 34.1 Å². The first-order chi connectivity index (χ1) is 23.6. The van der Waals surface area contributed by atoms with E-state index in [1.165, 1.54) is 37.9 Å². The van der Waals surface area contributed by atoms with Gasteiger partial charge in [-0.25, -0.2) is 0 Å². The van der Waals surface area contributed by atoms with Crippen LogP contribution in [-0.2, 0) is 0 Å². The van der Waals surface area contributed by atoms with Crippen molar-refractivity contribution in [2.45, 2.75) is 26.2 Å². The van der Waals surface area contributed by atoms with E-state index in [2.05, 4.69) is 200 Å². The van der Waals surface area contributed by atoms with Crippen LogP contribution in [0.4, 0.5) is 34.1 Å². The molecule has 2 nitrogen and oxygen atoms in total. The fourth-order valence-corrected chi connectivity index (χ4v) is 6.79. The summed E-state index contributed by atoms with van der Waals surface area (Å²) in [6, 6.07) is 64.0. The summed E-state index contributed by atoms with van der Waals surface area (Å²) in [6.07, 6.45) is 1.13. The fourth-order valence-electron chi connectivity index (χ4n) is 6.79. The Labute approximate surface area is 283 Å². The van der Waals surface area contributed by atoms with Gasteiger partial charge in [-0.3, -0.25) is 0 Å². The number of hydrogen-bond donors (Lipinski definition) is 0. The smallest absolute Gasteiger partial charge is 0.0468 e. The minimum atomic E-state index is 0.533. The summed E-state index contributed by atoms with van der Waals surface area (Å²) in [4.78, 5) is 4.71. The zero-order valence-corrected chi connectivity index (χ0v) is 27.4. The van der Waals surface area contributed by atoms with Crippen LogP contribution in [0.25, 0.3) is 32.3 Å². The lowest BCUT2D eigenvalue weighted by Gasteiger charge is -2.29. The molecule has 8 rings (SSSR count). The monoisotopic (exact) mass is 618 g/mol. The summed E-state index contributed by atoms with van der Waals surface area (Å²) in [6.45, 7) is 4.55. The molecular weight excluding hydrogens is 581 g/mol. The predicted octanol–water partition coefficient (Wildman–Crippen LogP) is 13.6. The average Bonchev–Trinajstić information content (AvgIpc) is 3.15. The molecule has 232 valence electrons. The van der Waals surface area contributed by atoms with Crippen molar-refractivity contribution < 1.29 is 0 Å². The van der Waals surface area contributed by atoms with Crippen molar-refractivity contribution in [3.8, 4) is 0 Å². The van der Waals surface area contributed by atoms with Crippen molar-refractivity contribution in [3.63, 3.8) is 0 Å². The van der Waals surface area contributed by atoms with Crippen molar-refractivity contribution in [3.05, 3.63) is 181 Å². The van der Waals surface area contributed by atoms with Crippen molar-refractivity contribution in [1.82, 2.24) is 0 Å². The topological polar surface area (TPSA) is 6.48 Å². The lowest BCUT2D eigenvalue weighted by atomic mass is 9.98. The molecule has 1 atom stereocenters. The molecule has 0 spiro atoms. The molecule has 8 aromatic carbocycles. The third-order valence-electron chi connectivity index (χ3n) is 9.65. The number of anilines is 6. The zero-order valence-electron chi connectivity index (χ0n) is 27.4. The van der Waals surface area contributed by atoms with E-state index < -0.39 is 0 Å². The molecule has 0 aromatic heterocycles. The minimum Gasteiger partial charge on any atom is -0.310 e. The summed E-state index contributed by atoms with van der Waals surface area (Å²) >= 11 is 0. The summed E-state index contributed by atoms with van der Waals surface area (Å²) < 4.78 is 0. The van der Waals surface area contributed by atoms with Gasteiger partial charge < -0.3 is 9.80 Å². The average molecular weight is 619 g/mol. The van der Waals surface area contributed by atoms with Gasteiger partial charge in [0.05, 0.1) is 0 Å². The Morgan fingerprint density at radius 2 is 0.729 bits per heavy atom. The first kappa shape index (κ1) is 29.5. The number of rotatable bonds is 8. The maximum atomic E-state index is 2.37. The summed E-state index contributed by atoms with van der Waals surface area (Å²) in [5.74, 6) is 0.533. The Kier molecular flexibility index (Phi) is 7.84. The first-order valence-electron chi connectivity index (χ1n) is 16.9. The van der Waals surface area contributed by atoms with Crippen LogP contribution in [0.3, 0.4) is 0 Å². The Bertz CT molecular complexity index is 2340. The third kappa shape index (κ3) is 5.67. The Hall–Kier alpha value is -5.86. The Morgan fingerprint density at radius 1 is 0.354 bits per heavy atom. The molecule has 0 saturated carbocycles. The number of benzene rings is 8. The van der Waals surface area contributed by atoms with E-state index in [1.807, 2.05) is 0 Å². The lowest BCUT2D eigenvalue weighted by Crippen LogP contribution is -2.12. The van der Waals surface area contributed by atoms with Crippen LogP contribution in [0, 0.1) is 0 Å². The first-order valence-corrected chi connectivity index (χ1v) is 16.9. The second-order valence-electron chi connectivity index (χ2n) is 12.7. The van der Waals surface area contributed by atoms with Crippen LogP contribution in [0.1, 0.15) is 31.7 Å². The molecule has 0 aliphatic heterocycles. The van der Waals surface area contributed by atoms with Crippen LogP contribution in [0.2, 0.25) is 0 Å². The maximum Gasteiger partial charge on any atom is 0.0468 e. The minimum absolute atomic E-state index is 0.533. The molecule has 0 aliphatic rings. The molecule has 0 saturated heterocycles. The van der Waals surface area contributed by atoms with Crippen LogP contribution >= 0.6 is 0 Å². The summed E-state index contributed by atoms with van der Waals surface area (Å²) in [5.41, 5.74) is 8.13. The SMILES string of the molecule is CCC(C)c1ccc(N(c2ccc(N(c3ccccc3)c3ccc4cc5ccccc5cc4c3)cc2)c2ccc3ccccc3c2)cc1. The van der Waals surface area contributed by atoms with Gasteiger partial charge in [-0.1, -0.05) is 105 Å². The third-order valence-corrected chi connectivity index (χ3v) is 9.65. The molecule has 0 radical (unpaired) electrons. The second kappa shape index (κ2) is 12.7. The summed E-state index contributed by atoms with van der Waals surface area (Å²) in [7, 11) is 0. The molecule has 0 bridgehead atoms. The van der Waals surface area contributed by atoms with E-state index in [4.69, 9.17) is 0 Å². The highest BCUT2D eigenvalue weighted by atomic mass is 15.2. The molecule has 0 amide bonds. The van der Waals surface area contributed by atoms with Crippen LogP contribution in [0.15, 0.2) is 176 Å². The highest BCUT2D eigenvalue weighted by Crippen LogP contribution is 2.41. The maximum absolute atomic E-state index is 2.37. The second-order valence-corrected chi connectivity index (χ2v) is 12.7.